The van der Waals surface area contributed by atoms with Crippen LogP contribution in [0.25, 0.3) is 0 Å². The molecule has 1 aliphatic rings. The summed E-state index contributed by atoms with van der Waals surface area (Å²) in [5.74, 6) is 0. The normalized spacial score (nSPS) is 16.9. The molecule has 1 atom stereocenters. The van der Waals surface area contributed by atoms with E-state index in [2.05, 4.69) is 30.9 Å². The predicted molar refractivity (Wildman–Crippen MR) is 85.6 cm³/mol. The maximum atomic E-state index is 12.7. The van der Waals surface area contributed by atoms with Crippen molar-refractivity contribution in [2.45, 2.75) is 29.4 Å². The molecule has 1 unspecified atom stereocenters. The van der Waals surface area contributed by atoms with Gasteiger partial charge in [0.25, 0.3) is 0 Å². The number of hydrogen-bond donors (Lipinski definition) is 1. The third kappa shape index (κ3) is 2.01. The van der Waals surface area contributed by atoms with Crippen molar-refractivity contribution in [3.8, 4) is 0 Å². The number of rotatable bonds is 3. The van der Waals surface area contributed by atoms with Crippen molar-refractivity contribution in [2.75, 3.05) is 18.0 Å². The van der Waals surface area contributed by atoms with Gasteiger partial charge in [-0.3, -0.25) is 0 Å². The molecule has 0 aliphatic carbocycles. The van der Waals surface area contributed by atoms with E-state index in [1.807, 2.05) is 11.4 Å². The second kappa shape index (κ2) is 5.31. The molecule has 2 N–H and O–H groups in total. The summed E-state index contributed by atoms with van der Waals surface area (Å²) in [6, 6.07) is 6.14. The lowest BCUT2D eigenvalue weighted by molar-refractivity contribution is 0.682. The highest BCUT2D eigenvalue weighted by atomic mass is 32.2. The van der Waals surface area contributed by atoms with Crippen LogP contribution in [0.15, 0.2) is 32.7 Å². The second-order valence-corrected chi connectivity index (χ2v) is 7.57. The molecule has 0 bridgehead atoms. The van der Waals surface area contributed by atoms with Gasteiger partial charge < -0.3 is 10.6 Å². The first-order chi connectivity index (χ1) is 9.65. The van der Waals surface area contributed by atoms with Crippen LogP contribution in [0.2, 0.25) is 0 Å². The molecule has 106 valence electrons. The van der Waals surface area contributed by atoms with Crippen LogP contribution in [-0.4, -0.2) is 17.3 Å². The molecule has 0 saturated carbocycles. The highest BCUT2D eigenvalue weighted by Crippen LogP contribution is 2.46. The Kier molecular flexibility index (Phi) is 3.67. The Morgan fingerprint density at radius 1 is 1.30 bits per heavy atom. The molecule has 1 aromatic heterocycles. The van der Waals surface area contributed by atoms with E-state index in [0.29, 0.717) is 6.54 Å². The molecule has 3 nitrogen and oxygen atoms in total. The van der Waals surface area contributed by atoms with Crippen molar-refractivity contribution < 1.29 is 4.21 Å². The summed E-state index contributed by atoms with van der Waals surface area (Å²) >= 11 is 1.57. The van der Waals surface area contributed by atoms with Crippen LogP contribution in [0.4, 0.5) is 11.4 Å². The van der Waals surface area contributed by atoms with E-state index in [9.17, 15) is 4.21 Å². The fraction of sp³-hybridized carbons (Fsp3) is 0.333. The first-order valence-corrected chi connectivity index (χ1v) is 8.75. The van der Waals surface area contributed by atoms with E-state index in [-0.39, 0.29) is 0 Å². The zero-order valence-corrected chi connectivity index (χ0v) is 13.3. The molecule has 1 aliphatic heterocycles. The summed E-state index contributed by atoms with van der Waals surface area (Å²) in [6.45, 7) is 5.74. The third-order valence-electron chi connectivity index (χ3n) is 3.79. The summed E-state index contributed by atoms with van der Waals surface area (Å²) in [5, 5.41) is 2.02. The van der Waals surface area contributed by atoms with E-state index in [1.54, 1.807) is 11.3 Å². The molecule has 3 rings (SSSR count). The molecule has 0 saturated heterocycles. The largest absolute Gasteiger partial charge is 0.339 e. The van der Waals surface area contributed by atoms with Crippen molar-refractivity contribution in [2.24, 2.45) is 5.73 Å². The fourth-order valence-electron chi connectivity index (χ4n) is 2.59. The van der Waals surface area contributed by atoms with Crippen LogP contribution in [0.1, 0.15) is 17.5 Å². The lowest BCUT2D eigenvalue weighted by Crippen LogP contribution is -2.26. The fourth-order valence-corrected chi connectivity index (χ4v) is 5.19. The van der Waals surface area contributed by atoms with Gasteiger partial charge in [-0.25, -0.2) is 4.21 Å². The van der Waals surface area contributed by atoms with Crippen LogP contribution >= 0.6 is 11.3 Å². The summed E-state index contributed by atoms with van der Waals surface area (Å²) in [4.78, 5) is 3.22. The van der Waals surface area contributed by atoms with E-state index < -0.39 is 10.8 Å². The Morgan fingerprint density at radius 2 is 2.10 bits per heavy atom. The van der Waals surface area contributed by atoms with Gasteiger partial charge >= 0.3 is 0 Å². The predicted octanol–water partition coefficient (Wildman–Crippen LogP) is 3.33. The van der Waals surface area contributed by atoms with E-state index in [4.69, 9.17) is 5.73 Å². The van der Waals surface area contributed by atoms with Gasteiger partial charge in [-0.2, -0.15) is 0 Å². The highest BCUT2D eigenvalue weighted by molar-refractivity contribution is 7.87. The van der Waals surface area contributed by atoms with E-state index in [1.165, 1.54) is 11.1 Å². The first kappa shape index (κ1) is 13.8. The minimum atomic E-state index is -1.06. The molecule has 2 heterocycles. The quantitative estimate of drug-likeness (QED) is 0.946. The lowest BCUT2D eigenvalue weighted by Gasteiger charge is -2.32. The number of thiophene rings is 1. The van der Waals surface area contributed by atoms with Gasteiger partial charge in [-0.05, 0) is 55.5 Å². The topological polar surface area (TPSA) is 46.3 Å². The first-order valence-electron chi connectivity index (χ1n) is 6.72. The molecule has 5 heteroatoms. The summed E-state index contributed by atoms with van der Waals surface area (Å²) in [7, 11) is -1.06. The molecule has 20 heavy (non-hydrogen) atoms. The van der Waals surface area contributed by atoms with Crippen LogP contribution in [0.3, 0.4) is 0 Å². The summed E-state index contributed by atoms with van der Waals surface area (Å²) in [5.41, 5.74) is 10.3. The van der Waals surface area contributed by atoms with Crippen LogP contribution < -0.4 is 10.6 Å². The number of nitrogens with zero attached hydrogens (tertiary/aromatic N) is 1. The molecule has 1 aromatic carbocycles. The van der Waals surface area contributed by atoms with Gasteiger partial charge in [0.15, 0.2) is 0 Å². The summed E-state index contributed by atoms with van der Waals surface area (Å²) in [6.07, 6.45) is 0.925. The molecular formula is C15H18N2OS2. The molecule has 2 aromatic rings. The van der Waals surface area contributed by atoms with Crippen molar-refractivity contribution in [3.63, 3.8) is 0 Å². The van der Waals surface area contributed by atoms with Crippen LogP contribution in [-0.2, 0) is 10.8 Å². The molecule has 0 radical (unpaired) electrons. The van der Waals surface area contributed by atoms with Crippen LogP contribution in [0, 0.1) is 13.8 Å². The zero-order chi connectivity index (χ0) is 14.3. The van der Waals surface area contributed by atoms with Gasteiger partial charge in [0.05, 0.1) is 27.1 Å². The summed E-state index contributed by atoms with van der Waals surface area (Å²) < 4.78 is 13.7. The Labute approximate surface area is 125 Å². The van der Waals surface area contributed by atoms with Gasteiger partial charge in [-0.15, -0.1) is 11.3 Å². The zero-order valence-electron chi connectivity index (χ0n) is 11.7. The van der Waals surface area contributed by atoms with Crippen molar-refractivity contribution >= 4 is 33.5 Å². The standard InChI is InChI=1S/C15H18N2OS2/c1-10-4-5-13-14(11(10)2)17(8-3-7-16)12-6-9-19-15(12)20(13)18/h4-6,9H,3,7-8,16H2,1-2H3. The Bertz CT molecular complexity index is 679. The number of anilines is 2. The van der Waals surface area contributed by atoms with Crippen molar-refractivity contribution in [1.29, 1.82) is 0 Å². The highest BCUT2D eigenvalue weighted by Gasteiger charge is 2.30. The smallest absolute Gasteiger partial charge is 0.120 e. The molecule has 0 fully saturated rings. The lowest BCUT2D eigenvalue weighted by atomic mass is 10.1. The van der Waals surface area contributed by atoms with Gasteiger partial charge in [0.1, 0.15) is 4.21 Å². The maximum absolute atomic E-state index is 12.7. The number of fused-ring (bicyclic) bond motifs is 2. The molecule has 0 spiro atoms. The van der Waals surface area contributed by atoms with Gasteiger partial charge in [-0.1, -0.05) is 6.07 Å². The van der Waals surface area contributed by atoms with Crippen LogP contribution in [0.5, 0.6) is 0 Å². The van der Waals surface area contributed by atoms with Gasteiger partial charge in [0, 0.05) is 6.54 Å². The monoisotopic (exact) mass is 306 g/mol. The second-order valence-electron chi connectivity index (χ2n) is 5.01. The minimum absolute atomic E-state index is 0.666. The minimum Gasteiger partial charge on any atom is -0.339 e. The number of benzene rings is 1. The number of hydrogen-bond acceptors (Lipinski definition) is 4. The number of nitrogens with two attached hydrogens (primary N) is 1. The molecule has 0 amide bonds. The third-order valence-corrected chi connectivity index (χ3v) is 6.50. The Balaban J connectivity index is 2.20. The van der Waals surface area contributed by atoms with Crippen molar-refractivity contribution in [3.05, 3.63) is 34.7 Å². The molecular weight excluding hydrogens is 288 g/mol. The Hall–Kier alpha value is -1.17. The average molecular weight is 306 g/mol. The SMILES string of the molecule is Cc1ccc2c(c1C)N(CCCN)c1ccsc1S2=O. The average Bonchev–Trinajstić information content (AvgIpc) is 2.92. The van der Waals surface area contributed by atoms with Gasteiger partial charge in [0.2, 0.25) is 0 Å². The van der Waals surface area contributed by atoms with Crippen molar-refractivity contribution in [1.82, 2.24) is 0 Å². The maximum Gasteiger partial charge on any atom is 0.120 e. The number of aryl methyl sites for hydroxylation is 1. The Morgan fingerprint density at radius 3 is 2.85 bits per heavy atom. The van der Waals surface area contributed by atoms with E-state index >= 15 is 0 Å². The van der Waals surface area contributed by atoms with E-state index in [0.717, 1.165) is 33.4 Å².